The largest absolute Gasteiger partial charge is 0.497 e. The van der Waals surface area contributed by atoms with Gasteiger partial charge in [0.1, 0.15) is 28.9 Å². The van der Waals surface area contributed by atoms with Gasteiger partial charge < -0.3 is 19.0 Å². The Bertz CT molecular complexity index is 969. The lowest BCUT2D eigenvalue weighted by Crippen LogP contribution is -2.33. The lowest BCUT2D eigenvalue weighted by Gasteiger charge is -2.16. The number of hydrogen-bond donors (Lipinski definition) is 0. The van der Waals surface area contributed by atoms with E-state index in [9.17, 15) is 9.59 Å². The molecule has 0 aromatic heterocycles. The standard InChI is InChI=1S/C20H18N2O6/c1-25-12-6-4-11(5-7-12)22-19(23)16-17(21-28-18(16)20(22)24)14-9-8-13(26-2)10-15(14)27-3/h4-10,16,18H,1-3H3/t16-,18+/m1/s1. The average Bonchev–Trinajstić information content (AvgIpc) is 3.27. The summed E-state index contributed by atoms with van der Waals surface area (Å²) in [6.07, 6.45) is -0.989. The van der Waals surface area contributed by atoms with E-state index < -0.39 is 23.8 Å². The third-order valence-electron chi connectivity index (χ3n) is 4.83. The van der Waals surface area contributed by atoms with Crippen molar-refractivity contribution in [1.82, 2.24) is 0 Å². The van der Waals surface area contributed by atoms with E-state index in [1.54, 1.807) is 56.7 Å². The van der Waals surface area contributed by atoms with Crippen LogP contribution in [0.5, 0.6) is 17.2 Å². The molecule has 0 bridgehead atoms. The Kier molecular flexibility index (Phi) is 4.38. The van der Waals surface area contributed by atoms with Gasteiger partial charge in [-0.25, -0.2) is 4.90 Å². The number of ether oxygens (including phenoxy) is 3. The molecule has 2 heterocycles. The van der Waals surface area contributed by atoms with E-state index >= 15 is 0 Å². The highest BCUT2D eigenvalue weighted by Gasteiger charge is 2.56. The number of benzene rings is 2. The Hall–Kier alpha value is -3.55. The number of hydrogen-bond acceptors (Lipinski definition) is 7. The molecule has 8 nitrogen and oxygen atoms in total. The fraction of sp³-hybridized carbons (Fsp3) is 0.250. The van der Waals surface area contributed by atoms with Crippen molar-refractivity contribution in [2.24, 2.45) is 11.1 Å². The van der Waals surface area contributed by atoms with E-state index in [0.717, 1.165) is 4.90 Å². The van der Waals surface area contributed by atoms with Crippen LogP contribution in [0.3, 0.4) is 0 Å². The number of fused-ring (bicyclic) bond motifs is 1. The van der Waals surface area contributed by atoms with E-state index in [0.29, 0.717) is 34.2 Å². The number of carbonyl (C=O) groups excluding carboxylic acids is 2. The van der Waals surface area contributed by atoms with Gasteiger partial charge in [-0.05, 0) is 36.4 Å². The summed E-state index contributed by atoms with van der Waals surface area (Å²) in [5.74, 6) is 0.0259. The molecule has 2 aliphatic heterocycles. The van der Waals surface area contributed by atoms with Gasteiger partial charge in [0.15, 0.2) is 0 Å². The van der Waals surface area contributed by atoms with Crippen molar-refractivity contribution in [2.45, 2.75) is 6.10 Å². The molecule has 2 aromatic rings. The van der Waals surface area contributed by atoms with Crippen molar-refractivity contribution in [3.63, 3.8) is 0 Å². The first-order valence-electron chi connectivity index (χ1n) is 8.57. The van der Waals surface area contributed by atoms with Gasteiger partial charge in [0.05, 0.1) is 27.0 Å². The van der Waals surface area contributed by atoms with Crippen LogP contribution in [0.15, 0.2) is 47.6 Å². The second-order valence-corrected chi connectivity index (χ2v) is 6.26. The fourth-order valence-electron chi connectivity index (χ4n) is 3.40. The molecule has 0 saturated carbocycles. The number of amides is 2. The van der Waals surface area contributed by atoms with Gasteiger partial charge in [-0.2, -0.15) is 0 Å². The average molecular weight is 382 g/mol. The highest BCUT2D eigenvalue weighted by Crippen LogP contribution is 2.38. The van der Waals surface area contributed by atoms with E-state index in [2.05, 4.69) is 5.16 Å². The van der Waals surface area contributed by atoms with Gasteiger partial charge >= 0.3 is 0 Å². The summed E-state index contributed by atoms with van der Waals surface area (Å²) in [6, 6.07) is 11.8. The Balaban J connectivity index is 1.69. The molecule has 2 aliphatic rings. The van der Waals surface area contributed by atoms with Gasteiger partial charge in [-0.3, -0.25) is 9.59 Å². The zero-order valence-corrected chi connectivity index (χ0v) is 15.5. The maximum atomic E-state index is 13.1. The molecular formula is C20H18N2O6. The van der Waals surface area contributed by atoms with E-state index in [4.69, 9.17) is 19.0 Å². The van der Waals surface area contributed by atoms with Gasteiger partial charge in [0.2, 0.25) is 12.0 Å². The van der Waals surface area contributed by atoms with Gasteiger partial charge in [-0.15, -0.1) is 0 Å². The van der Waals surface area contributed by atoms with Crippen molar-refractivity contribution in [3.8, 4) is 17.2 Å². The summed E-state index contributed by atoms with van der Waals surface area (Å²) in [6.45, 7) is 0. The minimum absolute atomic E-state index is 0.360. The Morgan fingerprint density at radius 1 is 0.893 bits per heavy atom. The molecule has 2 amide bonds. The normalized spacial score (nSPS) is 20.5. The second kappa shape index (κ2) is 6.88. The molecule has 0 unspecified atom stereocenters. The van der Waals surface area contributed by atoms with Crippen LogP contribution in [0.2, 0.25) is 0 Å². The van der Waals surface area contributed by atoms with Crippen LogP contribution in [0, 0.1) is 5.92 Å². The van der Waals surface area contributed by atoms with Crippen molar-refractivity contribution in [3.05, 3.63) is 48.0 Å². The molecule has 0 spiro atoms. The van der Waals surface area contributed by atoms with Gasteiger partial charge in [0, 0.05) is 11.6 Å². The maximum Gasteiger partial charge on any atom is 0.278 e. The molecule has 8 heteroatoms. The minimum Gasteiger partial charge on any atom is -0.497 e. The summed E-state index contributed by atoms with van der Waals surface area (Å²) in [5.41, 5.74) is 1.39. The Morgan fingerprint density at radius 2 is 1.57 bits per heavy atom. The SMILES string of the molecule is COc1ccc(N2C(=O)[C@@H]3C(c4ccc(OC)cc4OC)=NO[C@@H]3C2=O)cc1. The predicted molar refractivity (Wildman–Crippen MR) is 99.9 cm³/mol. The number of imide groups is 1. The lowest BCUT2D eigenvalue weighted by atomic mass is 9.93. The van der Waals surface area contributed by atoms with Crippen LogP contribution < -0.4 is 19.1 Å². The summed E-state index contributed by atoms with van der Waals surface area (Å²) < 4.78 is 15.7. The number of carbonyl (C=O) groups is 2. The number of rotatable bonds is 5. The van der Waals surface area contributed by atoms with Crippen LogP contribution in [-0.2, 0) is 14.4 Å². The van der Waals surface area contributed by atoms with Gasteiger partial charge in [0.25, 0.3) is 5.91 Å². The summed E-state index contributed by atoms with van der Waals surface area (Å²) in [4.78, 5) is 32.4. The zero-order chi connectivity index (χ0) is 19.8. The molecule has 0 radical (unpaired) electrons. The quantitative estimate of drug-likeness (QED) is 0.736. The van der Waals surface area contributed by atoms with E-state index in [1.807, 2.05) is 0 Å². The van der Waals surface area contributed by atoms with Crippen molar-refractivity contribution in [2.75, 3.05) is 26.2 Å². The van der Waals surface area contributed by atoms with Crippen LogP contribution in [0.1, 0.15) is 5.56 Å². The molecule has 1 fully saturated rings. The number of nitrogens with zero attached hydrogens (tertiary/aromatic N) is 2. The first-order chi connectivity index (χ1) is 13.6. The summed E-state index contributed by atoms with van der Waals surface area (Å²) in [7, 11) is 4.61. The first kappa shape index (κ1) is 17.8. The number of anilines is 1. The maximum absolute atomic E-state index is 13.1. The van der Waals surface area contributed by atoms with Crippen LogP contribution in [0.4, 0.5) is 5.69 Å². The molecule has 28 heavy (non-hydrogen) atoms. The molecule has 1 saturated heterocycles. The summed E-state index contributed by atoms with van der Waals surface area (Å²) >= 11 is 0. The highest BCUT2D eigenvalue weighted by atomic mass is 16.7. The first-order valence-corrected chi connectivity index (χ1v) is 8.57. The number of methoxy groups -OCH3 is 3. The minimum atomic E-state index is -0.989. The van der Waals surface area contributed by atoms with E-state index in [1.165, 1.54) is 7.11 Å². The monoisotopic (exact) mass is 382 g/mol. The molecule has 144 valence electrons. The number of oxime groups is 1. The second-order valence-electron chi connectivity index (χ2n) is 6.26. The molecule has 2 atom stereocenters. The highest BCUT2D eigenvalue weighted by molar-refractivity contribution is 6.32. The smallest absolute Gasteiger partial charge is 0.278 e. The topological polar surface area (TPSA) is 86.7 Å². The molecular weight excluding hydrogens is 364 g/mol. The summed E-state index contributed by atoms with van der Waals surface area (Å²) in [5, 5.41) is 4.02. The van der Waals surface area contributed by atoms with E-state index in [-0.39, 0.29) is 0 Å². The Labute approximate surface area is 161 Å². The predicted octanol–water partition coefficient (Wildman–Crippen LogP) is 2.00. The van der Waals surface area contributed by atoms with Crippen LogP contribution in [-0.4, -0.2) is 45.0 Å². The van der Waals surface area contributed by atoms with Crippen LogP contribution in [0.25, 0.3) is 0 Å². The molecule has 2 aromatic carbocycles. The third kappa shape index (κ3) is 2.65. The lowest BCUT2D eigenvalue weighted by molar-refractivity contribution is -0.126. The molecule has 0 N–H and O–H groups in total. The zero-order valence-electron chi connectivity index (χ0n) is 15.5. The van der Waals surface area contributed by atoms with Crippen LogP contribution >= 0.6 is 0 Å². The fourth-order valence-corrected chi connectivity index (χ4v) is 3.40. The Morgan fingerprint density at radius 3 is 2.21 bits per heavy atom. The van der Waals surface area contributed by atoms with Crippen molar-refractivity contribution in [1.29, 1.82) is 0 Å². The molecule has 0 aliphatic carbocycles. The van der Waals surface area contributed by atoms with Gasteiger partial charge in [-0.1, -0.05) is 5.16 Å². The molecule has 4 rings (SSSR count). The van der Waals surface area contributed by atoms with Crippen molar-refractivity contribution >= 4 is 23.2 Å². The van der Waals surface area contributed by atoms with Crippen molar-refractivity contribution < 1.29 is 28.6 Å². The third-order valence-corrected chi connectivity index (χ3v) is 4.83.